The number of hydrogen-bond donors (Lipinski definition) is 0. The van der Waals surface area contributed by atoms with E-state index in [0.717, 1.165) is 28.0 Å². The zero-order chi connectivity index (χ0) is 12.8. The van der Waals surface area contributed by atoms with Crippen LogP contribution in [0.3, 0.4) is 0 Å². The van der Waals surface area contributed by atoms with Crippen LogP contribution in [-0.4, -0.2) is 23.8 Å². The highest BCUT2D eigenvalue weighted by atomic mass is 32.2. The van der Waals surface area contributed by atoms with Crippen LogP contribution >= 0.6 is 23.7 Å². The second-order valence-electron chi connectivity index (χ2n) is 3.64. The molecule has 1 aromatic carbocycles. The van der Waals surface area contributed by atoms with Crippen molar-refractivity contribution in [1.82, 2.24) is 0 Å². The molecule has 0 aromatic heterocycles. The maximum atomic E-state index is 12.1. The molecule has 2 heterocycles. The predicted molar refractivity (Wildman–Crippen MR) is 66.2 cm³/mol. The lowest BCUT2D eigenvalue weighted by Gasteiger charge is -2.21. The van der Waals surface area contributed by atoms with Crippen LogP contribution in [0.4, 0.5) is 18.9 Å². The van der Waals surface area contributed by atoms with Gasteiger partial charge >= 0.3 is 6.36 Å². The van der Waals surface area contributed by atoms with Crippen LogP contribution < -0.4 is 9.64 Å². The van der Waals surface area contributed by atoms with E-state index in [4.69, 9.17) is 0 Å². The largest absolute Gasteiger partial charge is 0.573 e. The Labute approximate surface area is 110 Å². The summed E-state index contributed by atoms with van der Waals surface area (Å²) >= 11 is 2.84. The molecule has 3 rings (SSSR count). The third-order valence-electron chi connectivity index (χ3n) is 2.44. The summed E-state index contributed by atoms with van der Waals surface area (Å²) < 4.78 is 44.5. The van der Waals surface area contributed by atoms with Gasteiger partial charge in [-0.15, -0.1) is 13.2 Å². The molecule has 0 unspecified atom stereocenters. The quantitative estimate of drug-likeness (QED) is 0.739. The SMILES string of the molecule is FC(F)(F)Oc1ccc2c(c1)SC1=NSCCN12. The Morgan fingerprint density at radius 2 is 2.17 bits per heavy atom. The van der Waals surface area contributed by atoms with Gasteiger partial charge in [-0.1, -0.05) is 0 Å². The van der Waals surface area contributed by atoms with Gasteiger partial charge in [-0.25, -0.2) is 0 Å². The zero-order valence-electron chi connectivity index (χ0n) is 8.90. The minimum absolute atomic E-state index is 0.193. The van der Waals surface area contributed by atoms with Gasteiger partial charge in [-0.2, -0.15) is 4.40 Å². The number of fused-ring (bicyclic) bond motifs is 3. The average Bonchev–Trinajstić information content (AvgIpc) is 2.64. The number of ether oxygens (including phenoxy) is 1. The predicted octanol–water partition coefficient (Wildman–Crippen LogP) is 3.52. The van der Waals surface area contributed by atoms with Crippen LogP contribution in [0.15, 0.2) is 27.5 Å². The molecule has 0 atom stereocenters. The Morgan fingerprint density at radius 3 is 2.94 bits per heavy atom. The summed E-state index contributed by atoms with van der Waals surface area (Å²) in [6.45, 7) is 0.822. The van der Waals surface area contributed by atoms with Crippen molar-refractivity contribution in [3.63, 3.8) is 0 Å². The van der Waals surface area contributed by atoms with Crippen LogP contribution in [0.2, 0.25) is 0 Å². The molecule has 2 aliphatic heterocycles. The van der Waals surface area contributed by atoms with Gasteiger partial charge in [0.25, 0.3) is 0 Å². The molecular formula is C10H7F3N2OS2. The third kappa shape index (κ3) is 2.26. The Balaban J connectivity index is 1.90. The Bertz CT molecular complexity index is 518. The van der Waals surface area contributed by atoms with E-state index in [1.165, 1.54) is 35.8 Å². The first-order valence-electron chi connectivity index (χ1n) is 5.08. The maximum absolute atomic E-state index is 12.1. The monoisotopic (exact) mass is 292 g/mol. The molecule has 0 saturated heterocycles. The third-order valence-corrected chi connectivity index (χ3v) is 4.26. The zero-order valence-corrected chi connectivity index (χ0v) is 10.5. The lowest BCUT2D eigenvalue weighted by atomic mass is 10.3. The summed E-state index contributed by atoms with van der Waals surface area (Å²) in [6, 6.07) is 4.37. The number of alkyl halides is 3. The van der Waals surface area contributed by atoms with Gasteiger partial charge in [0.2, 0.25) is 0 Å². The van der Waals surface area contributed by atoms with E-state index in [9.17, 15) is 13.2 Å². The van der Waals surface area contributed by atoms with E-state index < -0.39 is 6.36 Å². The molecule has 2 aliphatic rings. The van der Waals surface area contributed by atoms with E-state index in [0.29, 0.717) is 0 Å². The van der Waals surface area contributed by atoms with Crippen molar-refractivity contribution >= 4 is 34.6 Å². The average molecular weight is 292 g/mol. The number of thioether (sulfide) groups is 1. The van der Waals surface area contributed by atoms with Crippen molar-refractivity contribution in [3.8, 4) is 5.75 Å². The molecule has 96 valence electrons. The van der Waals surface area contributed by atoms with Crippen LogP contribution in [0.25, 0.3) is 0 Å². The van der Waals surface area contributed by atoms with Gasteiger partial charge < -0.3 is 9.64 Å². The van der Waals surface area contributed by atoms with Crippen molar-refractivity contribution in [2.45, 2.75) is 11.3 Å². The van der Waals surface area contributed by atoms with E-state index in [1.807, 2.05) is 4.90 Å². The molecular weight excluding hydrogens is 285 g/mol. The molecule has 0 spiro atoms. The topological polar surface area (TPSA) is 24.8 Å². The molecule has 0 fully saturated rings. The Hall–Kier alpha value is -1.02. The molecule has 0 amide bonds. The number of hydrogen-bond acceptors (Lipinski definition) is 5. The lowest BCUT2D eigenvalue weighted by Crippen LogP contribution is -2.29. The van der Waals surface area contributed by atoms with Gasteiger partial charge in [0.15, 0.2) is 5.17 Å². The van der Waals surface area contributed by atoms with E-state index in [-0.39, 0.29) is 5.75 Å². The normalized spacial score (nSPS) is 18.2. The highest BCUT2D eigenvalue weighted by molar-refractivity contribution is 8.15. The van der Waals surface area contributed by atoms with Crippen LogP contribution in [-0.2, 0) is 0 Å². The fourth-order valence-corrected chi connectivity index (χ4v) is 3.60. The summed E-state index contributed by atoms with van der Waals surface area (Å²) in [5.74, 6) is 0.687. The fraction of sp³-hybridized carbons (Fsp3) is 0.300. The first-order chi connectivity index (χ1) is 8.53. The summed E-state index contributed by atoms with van der Waals surface area (Å²) in [7, 11) is 0. The van der Waals surface area contributed by atoms with Gasteiger partial charge in [-0.3, -0.25) is 0 Å². The van der Waals surface area contributed by atoms with Crippen molar-refractivity contribution in [2.75, 3.05) is 17.2 Å². The minimum Gasteiger partial charge on any atom is -0.406 e. The van der Waals surface area contributed by atoms with Gasteiger partial charge in [0, 0.05) is 17.2 Å². The molecule has 0 N–H and O–H groups in total. The highest BCUT2D eigenvalue weighted by Gasteiger charge is 2.33. The number of rotatable bonds is 1. The van der Waals surface area contributed by atoms with Crippen molar-refractivity contribution in [1.29, 1.82) is 0 Å². The lowest BCUT2D eigenvalue weighted by molar-refractivity contribution is -0.274. The van der Waals surface area contributed by atoms with Crippen LogP contribution in [0, 0.1) is 0 Å². The van der Waals surface area contributed by atoms with Crippen LogP contribution in [0.1, 0.15) is 0 Å². The molecule has 3 nitrogen and oxygen atoms in total. The number of amidine groups is 1. The molecule has 0 radical (unpaired) electrons. The second-order valence-corrected chi connectivity index (χ2v) is 5.50. The molecule has 0 aliphatic carbocycles. The minimum atomic E-state index is -4.65. The first kappa shape index (κ1) is 12.0. The van der Waals surface area contributed by atoms with Gasteiger partial charge in [0.05, 0.1) is 5.69 Å². The smallest absolute Gasteiger partial charge is 0.406 e. The molecule has 1 aromatic rings. The van der Waals surface area contributed by atoms with Gasteiger partial charge in [0.1, 0.15) is 5.75 Å². The summed E-state index contributed by atoms with van der Waals surface area (Å²) in [6.07, 6.45) is -4.65. The van der Waals surface area contributed by atoms with E-state index in [2.05, 4.69) is 9.13 Å². The number of benzene rings is 1. The van der Waals surface area contributed by atoms with Crippen LogP contribution in [0.5, 0.6) is 5.75 Å². The second kappa shape index (κ2) is 4.27. The molecule has 18 heavy (non-hydrogen) atoms. The van der Waals surface area contributed by atoms with E-state index >= 15 is 0 Å². The number of halogens is 3. The standard InChI is InChI=1S/C10H7F3N2OS2/c11-10(12,13)16-6-1-2-7-8(5-6)18-9-14-17-4-3-15(7)9/h1-2,5H,3-4H2. The molecule has 0 bridgehead atoms. The highest BCUT2D eigenvalue weighted by Crippen LogP contribution is 2.44. The molecule has 8 heteroatoms. The Kier molecular flexibility index (Phi) is 2.86. The van der Waals surface area contributed by atoms with Crippen molar-refractivity contribution in [3.05, 3.63) is 18.2 Å². The Morgan fingerprint density at radius 1 is 1.33 bits per heavy atom. The van der Waals surface area contributed by atoms with Gasteiger partial charge in [-0.05, 0) is 41.9 Å². The first-order valence-corrected chi connectivity index (χ1v) is 6.84. The fourth-order valence-electron chi connectivity index (χ4n) is 1.77. The maximum Gasteiger partial charge on any atom is 0.573 e. The van der Waals surface area contributed by atoms with E-state index in [1.54, 1.807) is 6.07 Å². The van der Waals surface area contributed by atoms with Crippen molar-refractivity contribution in [2.24, 2.45) is 4.40 Å². The summed E-state index contributed by atoms with van der Waals surface area (Å²) in [4.78, 5) is 2.76. The number of nitrogens with zero attached hydrogens (tertiary/aromatic N) is 2. The molecule has 0 saturated carbocycles. The number of anilines is 1. The van der Waals surface area contributed by atoms with Crippen molar-refractivity contribution < 1.29 is 17.9 Å². The summed E-state index contributed by atoms with van der Waals surface area (Å²) in [5.41, 5.74) is 0.897. The summed E-state index contributed by atoms with van der Waals surface area (Å²) in [5, 5.41) is 0.824.